The number of aliphatic hydroxyl groups excluding tert-OH is 6. The van der Waals surface area contributed by atoms with Crippen molar-refractivity contribution in [3.8, 4) is 45.8 Å². The van der Waals surface area contributed by atoms with Gasteiger partial charge in [0.25, 0.3) is 0 Å². The minimum Gasteiger partial charge on any atom is -0.504 e. The van der Waals surface area contributed by atoms with E-state index in [1.54, 1.807) is 0 Å². The number of rotatable bonds is 6. The molecular formula is C28H32O16. The number of aliphatic hydroxyl groups is 6. The first-order valence-corrected chi connectivity index (χ1v) is 13.4. The van der Waals surface area contributed by atoms with Crippen molar-refractivity contribution in [1.29, 1.82) is 0 Å². The summed E-state index contributed by atoms with van der Waals surface area (Å²) in [4.78, 5) is 13.9. The summed E-state index contributed by atoms with van der Waals surface area (Å²) >= 11 is 0. The maximum Gasteiger partial charge on any atom is 0.239 e. The summed E-state index contributed by atoms with van der Waals surface area (Å²) in [6, 6.07) is 4.49. The van der Waals surface area contributed by atoms with Crippen molar-refractivity contribution in [2.75, 3.05) is 7.11 Å². The number of hydrogen-bond donors (Lipinski definition) is 9. The smallest absolute Gasteiger partial charge is 0.239 e. The van der Waals surface area contributed by atoms with E-state index in [9.17, 15) is 50.8 Å². The first-order valence-electron chi connectivity index (χ1n) is 13.4. The second-order valence-corrected chi connectivity index (χ2v) is 10.5. The SMILES string of the molecule is COc1c(O[C@@H]2O[C@H](C)[C@@H](O)[C@H](O)[C@@H]2O)cc2oc(-c3ccc(O)c(O)c3)c(O[C@@H]3O[C@H](C)[C@@H](O)[C@H](O)[C@@H]3O)c(=O)c2c1O. The third-order valence-electron chi connectivity index (χ3n) is 7.57. The molecule has 9 N–H and O–H groups in total. The van der Waals surface area contributed by atoms with Gasteiger partial charge in [0.15, 0.2) is 28.8 Å². The van der Waals surface area contributed by atoms with Crippen LogP contribution in [0.1, 0.15) is 13.8 Å². The highest BCUT2D eigenvalue weighted by Gasteiger charge is 2.45. The predicted molar refractivity (Wildman–Crippen MR) is 145 cm³/mol. The molecule has 2 fully saturated rings. The monoisotopic (exact) mass is 624 g/mol. The standard InChI is InChI=1S/C28H32O16/c1-8-16(31)20(35)22(37)27(40-8)43-14-7-13-15(18(33)25(14)39-3)19(34)26(24(42-13)10-4-5-11(29)12(30)6-10)44-28-23(38)21(36)17(32)9(2)41-28/h4-9,16-17,20-23,27-33,35-38H,1-3H3/t8-,9-,16-,17-,20+,21+,22+,23+,27+,28+/m1/s1. The van der Waals surface area contributed by atoms with Crippen LogP contribution in [0, 0.1) is 0 Å². The van der Waals surface area contributed by atoms with Gasteiger partial charge in [0, 0.05) is 11.6 Å². The molecule has 0 saturated carbocycles. The van der Waals surface area contributed by atoms with Gasteiger partial charge in [-0.3, -0.25) is 4.79 Å². The number of ether oxygens (including phenoxy) is 5. The minimum absolute atomic E-state index is 0.0250. The van der Waals surface area contributed by atoms with Crippen molar-refractivity contribution >= 4 is 11.0 Å². The molecule has 2 aromatic carbocycles. The normalized spacial score (nSPS) is 32.4. The van der Waals surface area contributed by atoms with Crippen LogP contribution in [0.3, 0.4) is 0 Å². The topological polar surface area (TPSA) is 258 Å². The van der Waals surface area contributed by atoms with Crippen molar-refractivity contribution in [3.05, 3.63) is 34.5 Å². The molecule has 10 atom stereocenters. The fourth-order valence-corrected chi connectivity index (χ4v) is 4.99. The molecule has 0 unspecified atom stereocenters. The van der Waals surface area contributed by atoms with Crippen molar-refractivity contribution < 1.29 is 74.1 Å². The van der Waals surface area contributed by atoms with Gasteiger partial charge in [0.05, 0.1) is 19.3 Å². The largest absolute Gasteiger partial charge is 0.504 e. The molecule has 0 bridgehead atoms. The number of hydrogen-bond acceptors (Lipinski definition) is 16. The lowest BCUT2D eigenvalue weighted by molar-refractivity contribution is -0.268. The summed E-state index contributed by atoms with van der Waals surface area (Å²) < 4.78 is 33.5. The second-order valence-electron chi connectivity index (χ2n) is 10.5. The van der Waals surface area contributed by atoms with E-state index in [-0.39, 0.29) is 16.9 Å². The van der Waals surface area contributed by atoms with Crippen LogP contribution in [0.2, 0.25) is 0 Å². The van der Waals surface area contributed by atoms with Gasteiger partial charge < -0.3 is 74.1 Å². The first-order chi connectivity index (χ1) is 20.7. The predicted octanol–water partition coefficient (Wildman–Crippen LogP) is -1.00. The average molecular weight is 625 g/mol. The van der Waals surface area contributed by atoms with Crippen LogP contribution in [0.25, 0.3) is 22.3 Å². The van der Waals surface area contributed by atoms with Crippen LogP contribution >= 0.6 is 0 Å². The highest BCUT2D eigenvalue weighted by molar-refractivity contribution is 5.91. The summed E-state index contributed by atoms with van der Waals surface area (Å²) in [5.41, 5.74) is -1.41. The number of fused-ring (bicyclic) bond motifs is 1. The van der Waals surface area contributed by atoms with Crippen LogP contribution in [0.5, 0.6) is 34.5 Å². The summed E-state index contributed by atoms with van der Waals surface area (Å²) in [5.74, 6) is -3.70. The molecule has 44 heavy (non-hydrogen) atoms. The molecule has 16 nitrogen and oxygen atoms in total. The fourth-order valence-electron chi connectivity index (χ4n) is 4.99. The van der Waals surface area contributed by atoms with Crippen molar-refractivity contribution in [2.24, 2.45) is 0 Å². The first kappa shape index (κ1) is 31.6. The summed E-state index contributed by atoms with van der Waals surface area (Å²) in [6.45, 7) is 2.82. The van der Waals surface area contributed by atoms with Crippen LogP contribution in [0.4, 0.5) is 0 Å². The summed E-state index contributed by atoms with van der Waals surface area (Å²) in [6.07, 6.45) is -15.1. The van der Waals surface area contributed by atoms with E-state index < -0.39 is 107 Å². The number of methoxy groups -OCH3 is 1. The number of phenols is 3. The molecule has 0 aliphatic carbocycles. The van der Waals surface area contributed by atoms with Crippen LogP contribution in [-0.4, -0.2) is 114 Å². The summed E-state index contributed by atoms with van der Waals surface area (Å²) in [7, 11) is 1.14. The number of benzene rings is 2. The Bertz CT molecular complexity index is 1590. The quantitative estimate of drug-likeness (QED) is 0.149. The van der Waals surface area contributed by atoms with Crippen molar-refractivity contribution in [3.63, 3.8) is 0 Å². The third kappa shape index (κ3) is 5.35. The number of aromatic hydroxyl groups is 3. The summed E-state index contributed by atoms with van der Waals surface area (Å²) in [5, 5.41) is 92.0. The van der Waals surface area contributed by atoms with Gasteiger partial charge in [-0.1, -0.05) is 0 Å². The zero-order valence-electron chi connectivity index (χ0n) is 23.5. The highest BCUT2D eigenvalue weighted by Crippen LogP contribution is 2.45. The zero-order chi connectivity index (χ0) is 32.2. The molecule has 2 aliphatic rings. The molecule has 3 aromatic rings. The second kappa shape index (κ2) is 11.9. The van der Waals surface area contributed by atoms with Crippen molar-refractivity contribution in [1.82, 2.24) is 0 Å². The Morgan fingerprint density at radius 2 is 1.27 bits per heavy atom. The minimum atomic E-state index is -1.84. The lowest BCUT2D eigenvalue weighted by atomic mass is 10.00. The lowest BCUT2D eigenvalue weighted by Gasteiger charge is -2.39. The van der Waals surface area contributed by atoms with Crippen LogP contribution in [-0.2, 0) is 9.47 Å². The zero-order valence-corrected chi connectivity index (χ0v) is 23.5. The molecule has 2 aliphatic heterocycles. The van der Waals surface area contributed by atoms with E-state index in [0.717, 1.165) is 25.3 Å². The molecule has 5 rings (SSSR count). The Kier molecular flexibility index (Phi) is 8.54. The maximum atomic E-state index is 13.9. The van der Waals surface area contributed by atoms with Gasteiger partial charge in [-0.25, -0.2) is 0 Å². The number of phenolic OH excluding ortho intramolecular Hbond substituents is 3. The van der Waals surface area contributed by atoms with Crippen molar-refractivity contribution in [2.45, 2.75) is 75.3 Å². The lowest BCUT2D eigenvalue weighted by Crippen LogP contribution is -2.58. The molecule has 0 amide bonds. The Morgan fingerprint density at radius 3 is 1.82 bits per heavy atom. The van der Waals surface area contributed by atoms with E-state index >= 15 is 0 Å². The molecule has 0 radical (unpaired) electrons. The highest BCUT2D eigenvalue weighted by atomic mass is 16.7. The van der Waals surface area contributed by atoms with E-state index in [1.165, 1.54) is 19.9 Å². The Morgan fingerprint density at radius 1 is 0.705 bits per heavy atom. The molecular weight excluding hydrogens is 592 g/mol. The Hall–Kier alpha value is -3.87. The molecule has 1 aromatic heterocycles. The Balaban J connectivity index is 1.67. The molecule has 0 spiro atoms. The van der Waals surface area contributed by atoms with Gasteiger partial charge in [0.2, 0.25) is 29.5 Å². The van der Waals surface area contributed by atoms with E-state index in [4.69, 9.17) is 28.1 Å². The van der Waals surface area contributed by atoms with Gasteiger partial charge in [0.1, 0.15) is 47.6 Å². The van der Waals surface area contributed by atoms with Gasteiger partial charge >= 0.3 is 0 Å². The molecule has 16 heteroatoms. The van der Waals surface area contributed by atoms with E-state index in [1.807, 2.05) is 0 Å². The van der Waals surface area contributed by atoms with Gasteiger partial charge in [-0.15, -0.1) is 0 Å². The van der Waals surface area contributed by atoms with Gasteiger partial charge in [-0.05, 0) is 32.0 Å². The molecule has 240 valence electrons. The molecule has 3 heterocycles. The average Bonchev–Trinajstić information content (AvgIpc) is 2.98. The molecule has 2 saturated heterocycles. The van der Waals surface area contributed by atoms with Crippen LogP contribution in [0.15, 0.2) is 33.5 Å². The van der Waals surface area contributed by atoms with Crippen LogP contribution < -0.4 is 19.6 Å². The fraction of sp³-hybridized carbons (Fsp3) is 0.464. The maximum absolute atomic E-state index is 13.9. The van der Waals surface area contributed by atoms with Gasteiger partial charge in [-0.2, -0.15) is 0 Å². The van der Waals surface area contributed by atoms with E-state index in [2.05, 4.69) is 0 Å². The third-order valence-corrected chi connectivity index (χ3v) is 7.57. The van der Waals surface area contributed by atoms with E-state index in [0.29, 0.717) is 0 Å². The Labute approximate surface area is 248 Å².